The Kier molecular flexibility index (Phi) is 3.73. The molecule has 0 aliphatic carbocycles. The molecule has 0 fully saturated rings. The molecule has 2 N–H and O–H groups in total. The number of aromatic nitrogens is 1. The van der Waals surface area contributed by atoms with Gasteiger partial charge in [-0.25, -0.2) is 4.98 Å². The minimum absolute atomic E-state index is 0.594. The number of anilines is 1. The van der Waals surface area contributed by atoms with Crippen LogP contribution < -0.4 is 10.6 Å². The highest BCUT2D eigenvalue weighted by molar-refractivity contribution is 5.38. The molecule has 1 aromatic carbocycles. The van der Waals surface area contributed by atoms with Crippen molar-refractivity contribution in [3.8, 4) is 0 Å². The van der Waals surface area contributed by atoms with Gasteiger partial charge in [-0.05, 0) is 23.3 Å². The van der Waals surface area contributed by atoms with Crippen LogP contribution in [0.4, 0.5) is 5.82 Å². The molecule has 0 saturated carbocycles. The monoisotopic (exact) mass is 227 g/mol. The van der Waals surface area contributed by atoms with Gasteiger partial charge in [-0.3, -0.25) is 0 Å². The van der Waals surface area contributed by atoms with Crippen molar-refractivity contribution in [1.82, 2.24) is 4.98 Å². The highest BCUT2D eigenvalue weighted by Gasteiger charge is 2.02. The summed E-state index contributed by atoms with van der Waals surface area (Å²) in [6, 6.07) is 14.3. The average molecular weight is 227 g/mol. The van der Waals surface area contributed by atoms with E-state index in [1.165, 1.54) is 5.56 Å². The number of nitrogens with zero attached hydrogens (tertiary/aromatic N) is 2. The van der Waals surface area contributed by atoms with Gasteiger partial charge in [-0.1, -0.05) is 30.3 Å². The Hall–Kier alpha value is -1.87. The Labute approximate surface area is 102 Å². The molecule has 0 saturated heterocycles. The van der Waals surface area contributed by atoms with Gasteiger partial charge in [-0.15, -0.1) is 0 Å². The molecular formula is C14H17N3. The van der Waals surface area contributed by atoms with Crippen molar-refractivity contribution in [2.45, 2.75) is 13.1 Å². The van der Waals surface area contributed by atoms with Gasteiger partial charge in [0.2, 0.25) is 0 Å². The first-order valence-electron chi connectivity index (χ1n) is 5.69. The average Bonchev–Trinajstić information content (AvgIpc) is 2.40. The second kappa shape index (κ2) is 5.46. The molecule has 0 bridgehead atoms. The predicted molar refractivity (Wildman–Crippen MR) is 70.7 cm³/mol. The molecule has 0 aliphatic rings. The van der Waals surface area contributed by atoms with Gasteiger partial charge >= 0.3 is 0 Å². The molecule has 1 heterocycles. The first-order valence-corrected chi connectivity index (χ1v) is 5.69. The van der Waals surface area contributed by atoms with E-state index < -0.39 is 0 Å². The molecule has 3 heteroatoms. The summed E-state index contributed by atoms with van der Waals surface area (Å²) in [5, 5.41) is 0. The van der Waals surface area contributed by atoms with Crippen LogP contribution >= 0.6 is 0 Å². The van der Waals surface area contributed by atoms with E-state index in [0.29, 0.717) is 6.54 Å². The molecule has 2 rings (SSSR count). The van der Waals surface area contributed by atoms with Crippen molar-refractivity contribution in [3.05, 3.63) is 59.8 Å². The maximum atomic E-state index is 5.57. The van der Waals surface area contributed by atoms with Crippen LogP contribution in [0.15, 0.2) is 48.7 Å². The van der Waals surface area contributed by atoms with Gasteiger partial charge in [0.1, 0.15) is 5.82 Å². The summed E-state index contributed by atoms with van der Waals surface area (Å²) >= 11 is 0. The normalized spacial score (nSPS) is 10.2. The zero-order chi connectivity index (χ0) is 12.1. The summed E-state index contributed by atoms with van der Waals surface area (Å²) in [6.45, 7) is 1.44. The first kappa shape index (κ1) is 11.6. The third-order valence-electron chi connectivity index (χ3n) is 2.72. The SMILES string of the molecule is CN(Cc1ccc(CN)cc1)c1ccccn1. The van der Waals surface area contributed by atoms with E-state index in [2.05, 4.69) is 34.1 Å². The Morgan fingerprint density at radius 1 is 1.06 bits per heavy atom. The molecule has 1 aromatic heterocycles. The summed E-state index contributed by atoms with van der Waals surface area (Å²) in [5.74, 6) is 0.982. The van der Waals surface area contributed by atoms with Crippen molar-refractivity contribution in [1.29, 1.82) is 0 Å². The van der Waals surface area contributed by atoms with Gasteiger partial charge in [0.15, 0.2) is 0 Å². The summed E-state index contributed by atoms with van der Waals surface area (Å²) in [4.78, 5) is 6.44. The van der Waals surface area contributed by atoms with Crippen LogP contribution in [0.2, 0.25) is 0 Å². The van der Waals surface area contributed by atoms with E-state index in [1.54, 1.807) is 0 Å². The molecule has 0 radical (unpaired) electrons. The summed E-state index contributed by atoms with van der Waals surface area (Å²) in [7, 11) is 2.04. The van der Waals surface area contributed by atoms with E-state index in [1.807, 2.05) is 31.4 Å². The quantitative estimate of drug-likeness (QED) is 0.870. The molecule has 17 heavy (non-hydrogen) atoms. The van der Waals surface area contributed by atoms with Crippen molar-refractivity contribution < 1.29 is 0 Å². The summed E-state index contributed by atoms with van der Waals surface area (Å²) in [5.41, 5.74) is 7.99. The Balaban J connectivity index is 2.05. The lowest BCUT2D eigenvalue weighted by molar-refractivity contribution is 0.896. The lowest BCUT2D eigenvalue weighted by Crippen LogP contribution is -2.17. The number of pyridine rings is 1. The maximum absolute atomic E-state index is 5.57. The van der Waals surface area contributed by atoms with Crippen molar-refractivity contribution in [2.24, 2.45) is 5.73 Å². The Bertz CT molecular complexity index is 451. The fourth-order valence-electron chi connectivity index (χ4n) is 1.72. The second-order valence-electron chi connectivity index (χ2n) is 4.06. The molecule has 2 aromatic rings. The summed E-state index contributed by atoms with van der Waals surface area (Å²) < 4.78 is 0. The van der Waals surface area contributed by atoms with E-state index in [0.717, 1.165) is 17.9 Å². The number of hydrogen-bond acceptors (Lipinski definition) is 3. The molecular weight excluding hydrogens is 210 g/mol. The molecule has 0 aliphatic heterocycles. The molecule has 0 atom stereocenters. The summed E-state index contributed by atoms with van der Waals surface area (Å²) in [6.07, 6.45) is 1.81. The maximum Gasteiger partial charge on any atom is 0.128 e. The zero-order valence-corrected chi connectivity index (χ0v) is 10.0. The van der Waals surface area contributed by atoms with E-state index in [4.69, 9.17) is 5.73 Å². The van der Waals surface area contributed by atoms with Gasteiger partial charge in [0.25, 0.3) is 0 Å². The standard InChI is InChI=1S/C14H17N3/c1-17(14-4-2-3-9-16-14)11-13-7-5-12(10-15)6-8-13/h2-9H,10-11,15H2,1H3. The highest BCUT2D eigenvalue weighted by Crippen LogP contribution is 2.12. The minimum Gasteiger partial charge on any atom is -0.355 e. The Morgan fingerprint density at radius 3 is 2.35 bits per heavy atom. The van der Waals surface area contributed by atoms with Gasteiger partial charge < -0.3 is 10.6 Å². The minimum atomic E-state index is 0.594. The topological polar surface area (TPSA) is 42.1 Å². The fraction of sp³-hybridized carbons (Fsp3) is 0.214. The van der Waals surface area contributed by atoms with Gasteiger partial charge in [-0.2, -0.15) is 0 Å². The number of nitrogens with two attached hydrogens (primary N) is 1. The number of rotatable bonds is 4. The van der Waals surface area contributed by atoms with Crippen LogP contribution in [0.3, 0.4) is 0 Å². The zero-order valence-electron chi connectivity index (χ0n) is 10.0. The molecule has 88 valence electrons. The van der Waals surface area contributed by atoms with E-state index in [9.17, 15) is 0 Å². The highest BCUT2D eigenvalue weighted by atomic mass is 15.2. The molecule has 0 spiro atoms. The lowest BCUT2D eigenvalue weighted by atomic mass is 10.1. The van der Waals surface area contributed by atoms with Gasteiger partial charge in [0.05, 0.1) is 0 Å². The van der Waals surface area contributed by atoms with Crippen molar-refractivity contribution in [2.75, 3.05) is 11.9 Å². The fourth-order valence-corrected chi connectivity index (χ4v) is 1.72. The van der Waals surface area contributed by atoms with E-state index in [-0.39, 0.29) is 0 Å². The van der Waals surface area contributed by atoms with Gasteiger partial charge in [0, 0.05) is 26.3 Å². The largest absolute Gasteiger partial charge is 0.355 e. The third kappa shape index (κ3) is 3.04. The van der Waals surface area contributed by atoms with Crippen LogP contribution in [0, 0.1) is 0 Å². The molecule has 0 amide bonds. The first-order chi connectivity index (χ1) is 8.29. The number of benzene rings is 1. The molecule has 3 nitrogen and oxygen atoms in total. The van der Waals surface area contributed by atoms with Crippen LogP contribution in [-0.2, 0) is 13.1 Å². The third-order valence-corrected chi connectivity index (χ3v) is 2.72. The Morgan fingerprint density at radius 2 is 1.76 bits per heavy atom. The van der Waals surface area contributed by atoms with Crippen LogP contribution in [-0.4, -0.2) is 12.0 Å². The molecule has 0 unspecified atom stereocenters. The number of hydrogen-bond donors (Lipinski definition) is 1. The van der Waals surface area contributed by atoms with Crippen LogP contribution in [0.25, 0.3) is 0 Å². The van der Waals surface area contributed by atoms with Crippen LogP contribution in [0.5, 0.6) is 0 Å². The van der Waals surface area contributed by atoms with Crippen molar-refractivity contribution in [3.63, 3.8) is 0 Å². The van der Waals surface area contributed by atoms with E-state index >= 15 is 0 Å². The predicted octanol–water partition coefficient (Wildman–Crippen LogP) is 2.18. The lowest BCUT2D eigenvalue weighted by Gasteiger charge is -2.18. The van der Waals surface area contributed by atoms with Crippen LogP contribution in [0.1, 0.15) is 11.1 Å². The van der Waals surface area contributed by atoms with Crippen molar-refractivity contribution >= 4 is 5.82 Å². The second-order valence-corrected chi connectivity index (χ2v) is 4.06. The smallest absolute Gasteiger partial charge is 0.128 e.